The van der Waals surface area contributed by atoms with E-state index < -0.39 is 31.0 Å². The van der Waals surface area contributed by atoms with Crippen LogP contribution in [0.4, 0.5) is 0 Å². The fourth-order valence-electron chi connectivity index (χ4n) is 0.618. The number of aldehydes is 1. The average molecular weight is 180 g/mol. The van der Waals surface area contributed by atoms with Crippen LogP contribution < -0.4 is 0 Å². The van der Waals surface area contributed by atoms with Gasteiger partial charge in [-0.25, -0.2) is 0 Å². The van der Waals surface area contributed by atoms with Crippen LogP contribution in [-0.4, -0.2) is 62.8 Å². The van der Waals surface area contributed by atoms with E-state index in [1.807, 2.05) is 0 Å². The highest BCUT2D eigenvalue weighted by molar-refractivity contribution is 5.56. The molecular formula is C6H12O6. The van der Waals surface area contributed by atoms with Crippen LogP contribution >= 0.6 is 0 Å². The predicted molar refractivity (Wildman–Crippen MR) is 37.2 cm³/mol. The second-order valence-corrected chi connectivity index (χ2v) is 2.36. The smallest absolute Gasteiger partial charge is 0.151 e. The molecule has 0 amide bonds. The zero-order chi connectivity index (χ0) is 9.72. The number of hydrogen-bond acceptors (Lipinski definition) is 6. The van der Waals surface area contributed by atoms with Crippen LogP contribution in [0, 0.1) is 0 Å². The lowest BCUT2D eigenvalue weighted by atomic mass is 10.0. The molecule has 0 spiro atoms. The molecule has 0 aliphatic rings. The van der Waals surface area contributed by atoms with Crippen molar-refractivity contribution in [1.82, 2.24) is 0 Å². The summed E-state index contributed by atoms with van der Waals surface area (Å²) in [6.07, 6.45) is -6.84. The lowest BCUT2D eigenvalue weighted by Crippen LogP contribution is -2.46. The van der Waals surface area contributed by atoms with Crippen molar-refractivity contribution in [2.45, 2.75) is 24.4 Å². The Morgan fingerprint density at radius 3 is 1.92 bits per heavy atom. The minimum atomic E-state index is -1.79. The van der Waals surface area contributed by atoms with Gasteiger partial charge in [-0.05, 0) is 0 Å². The molecule has 2 unspecified atom stereocenters. The van der Waals surface area contributed by atoms with Gasteiger partial charge in [-0.2, -0.15) is 0 Å². The Morgan fingerprint density at radius 1 is 1.08 bits per heavy atom. The molecule has 0 fully saturated rings. The van der Waals surface area contributed by atoms with Gasteiger partial charge in [-0.1, -0.05) is 0 Å². The Bertz CT molecular complexity index is 138. The molecule has 6 heteroatoms. The summed E-state index contributed by atoms with van der Waals surface area (Å²) in [7, 11) is 0. The summed E-state index contributed by atoms with van der Waals surface area (Å²) in [6, 6.07) is 0. The fraction of sp³-hybridized carbons (Fsp3) is 0.833. The number of aliphatic hydroxyl groups is 5. The molecule has 0 aromatic heterocycles. The van der Waals surface area contributed by atoms with Crippen LogP contribution in [0.15, 0.2) is 0 Å². The van der Waals surface area contributed by atoms with Crippen molar-refractivity contribution in [2.24, 2.45) is 0 Å². The molecular weight excluding hydrogens is 168 g/mol. The average Bonchev–Trinajstić information content (AvgIpc) is 2.12. The maximum Gasteiger partial charge on any atom is 0.151 e. The van der Waals surface area contributed by atoms with Crippen molar-refractivity contribution >= 4 is 6.29 Å². The number of carbonyl (C=O) groups is 1. The maximum atomic E-state index is 9.90. The molecule has 0 saturated carbocycles. The van der Waals surface area contributed by atoms with Gasteiger partial charge in [-0.3, -0.25) is 0 Å². The third-order valence-electron chi connectivity index (χ3n) is 1.42. The summed E-state index contributed by atoms with van der Waals surface area (Å²) in [5, 5.41) is 43.5. The van der Waals surface area contributed by atoms with Crippen LogP contribution in [0.3, 0.4) is 0 Å². The first-order valence-electron chi connectivity index (χ1n) is 3.33. The summed E-state index contributed by atoms with van der Waals surface area (Å²) >= 11 is 0. The zero-order valence-corrected chi connectivity index (χ0v) is 6.24. The van der Waals surface area contributed by atoms with Gasteiger partial charge in [0.05, 0.1) is 6.61 Å². The molecule has 0 bridgehead atoms. The molecule has 4 atom stereocenters. The standard InChI is InChI=1S/C6H12O6/c7-1-3(9)5(11)6(12)4(10)2-8/h1,3-6,8-12H,2H2/t3?,4?,5-,6+/m0/s1. The van der Waals surface area contributed by atoms with Gasteiger partial charge in [0.15, 0.2) is 6.29 Å². The normalized spacial score (nSPS) is 21.1. The van der Waals surface area contributed by atoms with Crippen LogP contribution in [0.25, 0.3) is 0 Å². The van der Waals surface area contributed by atoms with Gasteiger partial charge >= 0.3 is 0 Å². The second kappa shape index (κ2) is 5.18. The summed E-state index contributed by atoms with van der Waals surface area (Å²) in [6.45, 7) is -0.760. The molecule has 0 aromatic carbocycles. The highest BCUT2D eigenvalue weighted by atomic mass is 16.4. The Labute approximate surface area is 68.7 Å². The zero-order valence-electron chi connectivity index (χ0n) is 6.24. The van der Waals surface area contributed by atoms with Crippen molar-refractivity contribution in [3.8, 4) is 0 Å². The predicted octanol–water partition coefficient (Wildman–Crippen LogP) is -3.38. The highest BCUT2D eigenvalue weighted by Gasteiger charge is 2.29. The van der Waals surface area contributed by atoms with Crippen LogP contribution in [0.1, 0.15) is 0 Å². The summed E-state index contributed by atoms with van der Waals surface area (Å²) in [5.74, 6) is 0. The third-order valence-corrected chi connectivity index (χ3v) is 1.42. The van der Waals surface area contributed by atoms with Crippen molar-refractivity contribution in [3.05, 3.63) is 0 Å². The first kappa shape index (κ1) is 11.5. The molecule has 0 aliphatic carbocycles. The van der Waals surface area contributed by atoms with E-state index in [1.54, 1.807) is 0 Å². The van der Waals surface area contributed by atoms with E-state index in [0.29, 0.717) is 0 Å². The van der Waals surface area contributed by atoms with Gasteiger partial charge in [0, 0.05) is 0 Å². The first-order valence-corrected chi connectivity index (χ1v) is 3.33. The maximum absolute atomic E-state index is 9.90. The van der Waals surface area contributed by atoms with Gasteiger partial charge in [-0.15, -0.1) is 0 Å². The largest absolute Gasteiger partial charge is 0.394 e. The van der Waals surface area contributed by atoms with Crippen LogP contribution in [0.5, 0.6) is 0 Å². The highest BCUT2D eigenvalue weighted by Crippen LogP contribution is 2.02. The molecule has 0 heterocycles. The van der Waals surface area contributed by atoms with E-state index in [-0.39, 0.29) is 6.29 Å². The molecule has 0 rings (SSSR count). The summed E-state index contributed by atoms with van der Waals surface area (Å²) in [5.41, 5.74) is 0. The molecule has 72 valence electrons. The third kappa shape index (κ3) is 2.84. The quantitative estimate of drug-likeness (QED) is 0.282. The molecule has 6 nitrogen and oxygen atoms in total. The van der Waals surface area contributed by atoms with Gasteiger partial charge in [0.2, 0.25) is 0 Å². The molecule has 12 heavy (non-hydrogen) atoms. The minimum Gasteiger partial charge on any atom is -0.394 e. The SMILES string of the molecule is O=CC(O)[C@H](O)[C@H](O)C(O)CO. The minimum absolute atomic E-state index is 0.0258. The van der Waals surface area contributed by atoms with Crippen molar-refractivity contribution < 1.29 is 30.3 Å². The van der Waals surface area contributed by atoms with Crippen molar-refractivity contribution in [3.63, 3.8) is 0 Å². The number of carbonyl (C=O) groups excluding carboxylic acids is 1. The van der Waals surface area contributed by atoms with E-state index in [2.05, 4.69) is 0 Å². The van der Waals surface area contributed by atoms with E-state index in [9.17, 15) is 4.79 Å². The lowest BCUT2D eigenvalue weighted by molar-refractivity contribution is -0.136. The number of rotatable bonds is 5. The first-order chi connectivity index (χ1) is 5.54. The van der Waals surface area contributed by atoms with Gasteiger partial charge < -0.3 is 30.3 Å². The Kier molecular flexibility index (Phi) is 4.95. The number of hydrogen-bond donors (Lipinski definition) is 5. The fourth-order valence-corrected chi connectivity index (χ4v) is 0.618. The Balaban J connectivity index is 4.07. The lowest BCUT2D eigenvalue weighted by Gasteiger charge is -2.22. The van der Waals surface area contributed by atoms with E-state index in [0.717, 1.165) is 0 Å². The Morgan fingerprint density at radius 2 is 1.58 bits per heavy atom. The molecule has 0 aliphatic heterocycles. The summed E-state index contributed by atoms with van der Waals surface area (Å²) < 4.78 is 0. The number of aliphatic hydroxyl groups excluding tert-OH is 5. The summed E-state index contributed by atoms with van der Waals surface area (Å²) in [4.78, 5) is 9.90. The van der Waals surface area contributed by atoms with E-state index in [1.165, 1.54) is 0 Å². The van der Waals surface area contributed by atoms with Crippen molar-refractivity contribution in [1.29, 1.82) is 0 Å². The van der Waals surface area contributed by atoms with Crippen LogP contribution in [0.2, 0.25) is 0 Å². The van der Waals surface area contributed by atoms with Crippen molar-refractivity contribution in [2.75, 3.05) is 6.61 Å². The van der Waals surface area contributed by atoms with Crippen LogP contribution in [-0.2, 0) is 4.79 Å². The topological polar surface area (TPSA) is 118 Å². The van der Waals surface area contributed by atoms with E-state index in [4.69, 9.17) is 25.5 Å². The Hall–Kier alpha value is -0.530. The molecule has 0 saturated heterocycles. The van der Waals surface area contributed by atoms with Gasteiger partial charge in [0.25, 0.3) is 0 Å². The van der Waals surface area contributed by atoms with E-state index >= 15 is 0 Å². The molecule has 0 aromatic rings. The molecule has 0 radical (unpaired) electrons. The monoisotopic (exact) mass is 180 g/mol. The van der Waals surface area contributed by atoms with Gasteiger partial charge in [0.1, 0.15) is 24.4 Å². The second-order valence-electron chi connectivity index (χ2n) is 2.36. The molecule has 5 N–H and O–H groups in total.